The first-order valence-corrected chi connectivity index (χ1v) is 4.98. The summed E-state index contributed by atoms with van der Waals surface area (Å²) in [6, 6.07) is 4.21. The molecular weight excluding hydrogens is 240 g/mol. The van der Waals surface area contributed by atoms with Gasteiger partial charge >= 0.3 is 5.97 Å². The number of nitrogens with zero attached hydrogens (tertiary/aromatic N) is 1. The van der Waals surface area contributed by atoms with Crippen LogP contribution in [0.2, 0.25) is 0 Å². The standard InChI is InChI=1S/C10H12N4O4/c1-5(9(15)12-11)8-6(10(16)17)3-2-4-7(8)13-14-18/h2-5H,11H2,1H3,(H,12,15)(H,13,18)(H,16,17). The number of amides is 1. The summed E-state index contributed by atoms with van der Waals surface area (Å²) in [5.41, 5.74) is 4.25. The molecule has 1 rings (SSSR count). The highest BCUT2D eigenvalue weighted by Gasteiger charge is 2.24. The molecule has 1 amide bonds. The molecule has 0 spiro atoms. The van der Waals surface area contributed by atoms with E-state index in [2.05, 4.69) is 10.7 Å². The number of carbonyl (C=O) groups excluding carboxylic acids is 1. The fraction of sp³-hybridized carbons (Fsp3) is 0.200. The molecule has 1 atom stereocenters. The van der Waals surface area contributed by atoms with Crippen LogP contribution in [0.15, 0.2) is 23.5 Å². The van der Waals surface area contributed by atoms with Gasteiger partial charge in [-0.25, -0.2) is 16.1 Å². The molecule has 8 heteroatoms. The van der Waals surface area contributed by atoms with Gasteiger partial charge in [-0.2, -0.15) is 0 Å². The molecule has 0 fully saturated rings. The highest BCUT2D eigenvalue weighted by molar-refractivity contribution is 5.95. The summed E-state index contributed by atoms with van der Waals surface area (Å²) in [6.45, 7) is 1.47. The Morgan fingerprint density at radius 2 is 2.11 bits per heavy atom. The Bertz CT molecular complexity index is 489. The summed E-state index contributed by atoms with van der Waals surface area (Å²) >= 11 is 0. The van der Waals surface area contributed by atoms with E-state index >= 15 is 0 Å². The third-order valence-electron chi connectivity index (χ3n) is 2.47. The van der Waals surface area contributed by atoms with Crippen molar-refractivity contribution in [2.24, 2.45) is 11.1 Å². The number of carboxylic acid groups (broad SMARTS) is 1. The molecule has 0 bridgehead atoms. The molecule has 1 aromatic carbocycles. The Balaban J connectivity index is 3.39. The zero-order valence-corrected chi connectivity index (χ0v) is 9.51. The molecule has 96 valence electrons. The molecule has 8 nitrogen and oxygen atoms in total. The van der Waals surface area contributed by atoms with Gasteiger partial charge in [-0.15, -0.1) is 4.91 Å². The summed E-state index contributed by atoms with van der Waals surface area (Å²) in [5.74, 6) is 2.38. The van der Waals surface area contributed by atoms with Gasteiger partial charge in [0.25, 0.3) is 0 Å². The third kappa shape index (κ3) is 2.61. The summed E-state index contributed by atoms with van der Waals surface area (Å²) in [4.78, 5) is 32.8. The second-order valence-corrected chi connectivity index (χ2v) is 3.51. The van der Waals surface area contributed by atoms with E-state index < -0.39 is 17.8 Å². The average Bonchev–Trinajstić information content (AvgIpc) is 2.37. The van der Waals surface area contributed by atoms with Crippen LogP contribution in [0.25, 0.3) is 0 Å². The SMILES string of the molecule is CC(C(=O)NN)c1c(NN=O)cccc1C(=O)O. The van der Waals surface area contributed by atoms with Crippen LogP contribution in [0.3, 0.4) is 0 Å². The van der Waals surface area contributed by atoms with Gasteiger partial charge in [0.2, 0.25) is 5.91 Å². The zero-order valence-electron chi connectivity index (χ0n) is 9.51. The van der Waals surface area contributed by atoms with Crippen molar-refractivity contribution in [3.05, 3.63) is 34.2 Å². The third-order valence-corrected chi connectivity index (χ3v) is 2.47. The smallest absolute Gasteiger partial charge is 0.336 e. The number of anilines is 1. The molecule has 1 aromatic rings. The van der Waals surface area contributed by atoms with E-state index in [-0.39, 0.29) is 16.8 Å². The topological polar surface area (TPSA) is 134 Å². The van der Waals surface area contributed by atoms with Crippen molar-refractivity contribution in [2.45, 2.75) is 12.8 Å². The maximum absolute atomic E-state index is 11.5. The summed E-state index contributed by atoms with van der Waals surface area (Å²) in [5, 5.41) is 11.5. The van der Waals surface area contributed by atoms with Crippen molar-refractivity contribution in [1.82, 2.24) is 5.43 Å². The number of carbonyl (C=O) groups is 2. The number of nitrogens with one attached hydrogen (secondary N) is 2. The number of hydrogen-bond acceptors (Lipinski definition) is 5. The van der Waals surface area contributed by atoms with Gasteiger partial charge in [-0.05, 0) is 19.1 Å². The Morgan fingerprint density at radius 1 is 1.44 bits per heavy atom. The highest BCUT2D eigenvalue weighted by Crippen LogP contribution is 2.28. The van der Waals surface area contributed by atoms with Gasteiger partial charge in [0.1, 0.15) is 0 Å². The van der Waals surface area contributed by atoms with Gasteiger partial charge < -0.3 is 5.11 Å². The molecule has 0 radical (unpaired) electrons. The second-order valence-electron chi connectivity index (χ2n) is 3.51. The molecule has 0 heterocycles. The number of hydrogen-bond donors (Lipinski definition) is 4. The monoisotopic (exact) mass is 252 g/mol. The van der Waals surface area contributed by atoms with Crippen molar-refractivity contribution in [3.63, 3.8) is 0 Å². The van der Waals surface area contributed by atoms with Crippen molar-refractivity contribution in [3.8, 4) is 0 Å². The zero-order chi connectivity index (χ0) is 13.7. The number of nitroso groups, excluding NO2 is 1. The van der Waals surface area contributed by atoms with Gasteiger partial charge in [-0.1, -0.05) is 6.07 Å². The van der Waals surface area contributed by atoms with Crippen LogP contribution >= 0.6 is 0 Å². The van der Waals surface area contributed by atoms with Crippen LogP contribution in [-0.2, 0) is 4.79 Å². The van der Waals surface area contributed by atoms with E-state index in [4.69, 9.17) is 10.9 Å². The average molecular weight is 252 g/mol. The van der Waals surface area contributed by atoms with Crippen LogP contribution in [0, 0.1) is 4.91 Å². The van der Waals surface area contributed by atoms with Crippen molar-refractivity contribution < 1.29 is 14.7 Å². The fourth-order valence-electron chi connectivity index (χ4n) is 1.62. The molecular formula is C10H12N4O4. The minimum Gasteiger partial charge on any atom is -0.478 e. The summed E-state index contributed by atoms with van der Waals surface area (Å²) in [6.07, 6.45) is 0. The van der Waals surface area contributed by atoms with E-state index in [1.54, 1.807) is 0 Å². The lowest BCUT2D eigenvalue weighted by atomic mass is 9.93. The minimum absolute atomic E-state index is 0.0975. The fourth-order valence-corrected chi connectivity index (χ4v) is 1.62. The van der Waals surface area contributed by atoms with Crippen LogP contribution in [0.1, 0.15) is 28.8 Å². The van der Waals surface area contributed by atoms with E-state index in [0.29, 0.717) is 0 Å². The summed E-state index contributed by atoms with van der Waals surface area (Å²) in [7, 11) is 0. The normalized spacial score (nSPS) is 11.4. The van der Waals surface area contributed by atoms with Gasteiger partial charge in [0.15, 0.2) is 0 Å². The second kappa shape index (κ2) is 5.73. The van der Waals surface area contributed by atoms with Crippen molar-refractivity contribution >= 4 is 17.6 Å². The first-order valence-electron chi connectivity index (χ1n) is 4.98. The van der Waals surface area contributed by atoms with E-state index in [9.17, 15) is 14.5 Å². The van der Waals surface area contributed by atoms with Crippen molar-refractivity contribution in [1.29, 1.82) is 0 Å². The minimum atomic E-state index is -1.21. The maximum Gasteiger partial charge on any atom is 0.336 e. The number of carboxylic acids is 1. The largest absolute Gasteiger partial charge is 0.478 e. The molecule has 18 heavy (non-hydrogen) atoms. The molecule has 0 saturated heterocycles. The predicted molar refractivity (Wildman–Crippen MR) is 63.6 cm³/mol. The number of nitrogens with two attached hydrogens (primary N) is 1. The quantitative estimate of drug-likeness (QED) is 0.262. The number of benzene rings is 1. The maximum atomic E-state index is 11.5. The van der Waals surface area contributed by atoms with E-state index in [1.807, 2.05) is 5.43 Å². The van der Waals surface area contributed by atoms with E-state index in [0.717, 1.165) is 0 Å². The Labute approximate surface area is 102 Å². The molecule has 0 saturated carbocycles. The number of rotatable bonds is 5. The Kier molecular flexibility index (Phi) is 4.33. The molecule has 0 aliphatic heterocycles. The van der Waals surface area contributed by atoms with Gasteiger partial charge in [0.05, 0.1) is 22.5 Å². The van der Waals surface area contributed by atoms with Gasteiger partial charge in [-0.3, -0.25) is 10.2 Å². The van der Waals surface area contributed by atoms with Crippen LogP contribution < -0.4 is 16.7 Å². The van der Waals surface area contributed by atoms with Crippen LogP contribution in [0.4, 0.5) is 5.69 Å². The number of hydrazine groups is 1. The lowest BCUT2D eigenvalue weighted by Crippen LogP contribution is -2.34. The molecule has 5 N–H and O–H groups in total. The molecule has 0 aromatic heterocycles. The lowest BCUT2D eigenvalue weighted by molar-refractivity contribution is -0.122. The summed E-state index contributed by atoms with van der Waals surface area (Å²) < 4.78 is 0. The Hall–Kier alpha value is -2.48. The first-order chi connectivity index (χ1) is 8.52. The molecule has 0 aliphatic rings. The molecule has 0 aliphatic carbocycles. The van der Waals surface area contributed by atoms with E-state index in [1.165, 1.54) is 25.1 Å². The van der Waals surface area contributed by atoms with Crippen LogP contribution in [-0.4, -0.2) is 17.0 Å². The Morgan fingerprint density at radius 3 is 2.61 bits per heavy atom. The van der Waals surface area contributed by atoms with Crippen LogP contribution in [0.5, 0.6) is 0 Å². The number of aromatic carboxylic acids is 1. The molecule has 1 unspecified atom stereocenters. The first kappa shape index (κ1) is 13.6. The van der Waals surface area contributed by atoms with Crippen molar-refractivity contribution in [2.75, 3.05) is 5.43 Å². The lowest BCUT2D eigenvalue weighted by Gasteiger charge is -2.16. The predicted octanol–water partition coefficient (Wildman–Crippen LogP) is 0.571. The van der Waals surface area contributed by atoms with Gasteiger partial charge in [0, 0.05) is 5.56 Å². The highest BCUT2D eigenvalue weighted by atomic mass is 16.4.